The van der Waals surface area contributed by atoms with Gasteiger partial charge in [0.05, 0.1) is 11.3 Å². The number of nitrogens with zero attached hydrogens (tertiary/aromatic N) is 3. The Balaban J connectivity index is 1.71. The molecule has 0 saturated carbocycles. The van der Waals surface area contributed by atoms with Gasteiger partial charge in [0.15, 0.2) is 0 Å². The minimum absolute atomic E-state index is 0.0829. The standard InChI is InChI=1S/C30H27N3OS/c1-30(2,3)27-19-25(22-13-7-4-8-14-22)26(20-31)29(32-27)35-21-28(34)33(23-15-9-5-10-16-23)24-17-11-6-12-18-24/h4-19H,21H2,1-3H3. The molecule has 4 nitrogen and oxygen atoms in total. The van der Waals surface area contributed by atoms with E-state index in [0.29, 0.717) is 10.6 Å². The van der Waals surface area contributed by atoms with E-state index in [1.54, 1.807) is 4.90 Å². The highest BCUT2D eigenvalue weighted by molar-refractivity contribution is 8.00. The first kappa shape index (κ1) is 24.3. The summed E-state index contributed by atoms with van der Waals surface area (Å²) < 4.78 is 0. The number of amides is 1. The molecule has 0 atom stereocenters. The molecule has 0 aliphatic rings. The lowest BCUT2D eigenvalue weighted by molar-refractivity contribution is -0.115. The van der Waals surface area contributed by atoms with Gasteiger partial charge in [-0.2, -0.15) is 5.26 Å². The molecule has 35 heavy (non-hydrogen) atoms. The Hall–Kier alpha value is -3.88. The Bertz CT molecular complexity index is 1300. The predicted molar refractivity (Wildman–Crippen MR) is 144 cm³/mol. The average Bonchev–Trinajstić information content (AvgIpc) is 2.88. The largest absolute Gasteiger partial charge is 0.280 e. The van der Waals surface area contributed by atoms with Gasteiger partial charge in [-0.3, -0.25) is 9.69 Å². The number of hydrogen-bond donors (Lipinski definition) is 0. The predicted octanol–water partition coefficient (Wildman–Crippen LogP) is 7.37. The van der Waals surface area contributed by atoms with Crippen molar-refractivity contribution in [3.63, 3.8) is 0 Å². The first-order valence-corrected chi connectivity index (χ1v) is 12.4. The Morgan fingerprint density at radius 1 is 0.886 bits per heavy atom. The number of carbonyl (C=O) groups excluding carboxylic acids is 1. The first-order valence-electron chi connectivity index (χ1n) is 11.5. The van der Waals surface area contributed by atoms with Gasteiger partial charge in [0.2, 0.25) is 5.91 Å². The third-order valence-corrected chi connectivity index (χ3v) is 6.52. The van der Waals surface area contributed by atoms with Crippen molar-refractivity contribution < 1.29 is 4.79 Å². The van der Waals surface area contributed by atoms with Gasteiger partial charge >= 0.3 is 0 Å². The van der Waals surface area contributed by atoms with Crippen LogP contribution >= 0.6 is 11.8 Å². The summed E-state index contributed by atoms with van der Waals surface area (Å²) in [5, 5.41) is 10.7. The lowest BCUT2D eigenvalue weighted by Gasteiger charge is -2.24. The zero-order chi connectivity index (χ0) is 24.8. The number of benzene rings is 3. The number of pyridine rings is 1. The molecule has 0 fully saturated rings. The summed E-state index contributed by atoms with van der Waals surface area (Å²) in [6.45, 7) is 6.30. The van der Waals surface area contributed by atoms with E-state index in [4.69, 9.17) is 4.98 Å². The number of hydrogen-bond acceptors (Lipinski definition) is 4. The quantitative estimate of drug-likeness (QED) is 0.272. The molecule has 0 aliphatic heterocycles. The van der Waals surface area contributed by atoms with E-state index >= 15 is 0 Å². The van der Waals surface area contributed by atoms with E-state index in [1.165, 1.54) is 11.8 Å². The van der Waals surface area contributed by atoms with Crippen molar-refractivity contribution in [2.24, 2.45) is 0 Å². The van der Waals surface area contributed by atoms with Crippen molar-refractivity contribution in [2.75, 3.05) is 10.7 Å². The topological polar surface area (TPSA) is 57.0 Å². The second-order valence-corrected chi connectivity index (χ2v) is 10.1. The van der Waals surface area contributed by atoms with E-state index < -0.39 is 0 Å². The second kappa shape index (κ2) is 10.6. The van der Waals surface area contributed by atoms with E-state index in [2.05, 4.69) is 26.8 Å². The third-order valence-electron chi connectivity index (χ3n) is 5.56. The molecule has 0 radical (unpaired) electrons. The molecule has 0 N–H and O–H groups in total. The molecule has 1 aromatic heterocycles. The summed E-state index contributed by atoms with van der Waals surface area (Å²) in [6, 6.07) is 33.4. The normalized spacial score (nSPS) is 11.0. The fraction of sp³-hybridized carbons (Fsp3) is 0.167. The maximum atomic E-state index is 13.5. The Kier molecular flexibility index (Phi) is 7.33. The minimum atomic E-state index is -0.211. The van der Waals surface area contributed by atoms with Crippen LogP contribution in [0.2, 0.25) is 0 Å². The van der Waals surface area contributed by atoms with Crippen molar-refractivity contribution in [1.29, 1.82) is 5.26 Å². The lowest BCUT2D eigenvalue weighted by atomic mass is 9.89. The molecule has 4 rings (SSSR count). The molecule has 3 aromatic carbocycles. The molecule has 5 heteroatoms. The Labute approximate surface area is 211 Å². The van der Waals surface area contributed by atoms with Gasteiger partial charge in [0, 0.05) is 28.0 Å². The van der Waals surface area contributed by atoms with E-state index in [-0.39, 0.29) is 17.1 Å². The van der Waals surface area contributed by atoms with Crippen LogP contribution in [0.1, 0.15) is 32.0 Å². The van der Waals surface area contributed by atoms with Crippen LogP contribution < -0.4 is 4.90 Å². The van der Waals surface area contributed by atoms with Crippen LogP contribution in [0.25, 0.3) is 11.1 Å². The number of rotatable bonds is 6. The molecule has 1 amide bonds. The number of para-hydroxylation sites is 2. The average molecular weight is 478 g/mol. The first-order chi connectivity index (χ1) is 16.9. The van der Waals surface area contributed by atoms with E-state index in [1.807, 2.05) is 97.1 Å². The fourth-order valence-corrected chi connectivity index (χ4v) is 4.60. The summed E-state index contributed by atoms with van der Waals surface area (Å²) in [4.78, 5) is 20.1. The highest BCUT2D eigenvalue weighted by atomic mass is 32.2. The van der Waals surface area contributed by atoms with Crippen molar-refractivity contribution >= 4 is 29.0 Å². The molecule has 0 saturated heterocycles. The monoisotopic (exact) mass is 477 g/mol. The zero-order valence-electron chi connectivity index (χ0n) is 20.1. The number of thioether (sulfide) groups is 1. The van der Waals surface area contributed by atoms with Crippen LogP contribution in [0.4, 0.5) is 11.4 Å². The third kappa shape index (κ3) is 5.62. The fourth-order valence-electron chi connectivity index (χ4n) is 3.75. The van der Waals surface area contributed by atoms with Crippen LogP contribution in [0.3, 0.4) is 0 Å². The molecular formula is C30H27N3OS. The SMILES string of the molecule is CC(C)(C)c1cc(-c2ccccc2)c(C#N)c(SCC(=O)N(c2ccccc2)c2ccccc2)n1. The van der Waals surface area contributed by atoms with Crippen LogP contribution in [0.5, 0.6) is 0 Å². The molecule has 4 aromatic rings. The van der Waals surface area contributed by atoms with Crippen LogP contribution in [-0.2, 0) is 10.2 Å². The van der Waals surface area contributed by atoms with Crippen molar-refractivity contribution in [2.45, 2.75) is 31.2 Å². The minimum Gasteiger partial charge on any atom is -0.280 e. The Morgan fingerprint density at radius 3 is 1.89 bits per heavy atom. The van der Waals surface area contributed by atoms with Crippen LogP contribution in [0, 0.1) is 11.3 Å². The van der Waals surface area contributed by atoms with Crippen LogP contribution in [-0.4, -0.2) is 16.6 Å². The maximum Gasteiger partial charge on any atom is 0.241 e. The number of carbonyl (C=O) groups is 1. The number of anilines is 2. The van der Waals surface area contributed by atoms with E-state index in [9.17, 15) is 10.1 Å². The van der Waals surface area contributed by atoms with Gasteiger partial charge in [-0.1, -0.05) is 99.3 Å². The highest BCUT2D eigenvalue weighted by Crippen LogP contribution is 2.35. The molecule has 0 bridgehead atoms. The lowest BCUT2D eigenvalue weighted by Crippen LogP contribution is -2.27. The van der Waals surface area contributed by atoms with Crippen molar-refractivity contribution in [3.05, 3.63) is 108 Å². The van der Waals surface area contributed by atoms with Crippen molar-refractivity contribution in [1.82, 2.24) is 4.98 Å². The molecule has 0 aliphatic carbocycles. The van der Waals surface area contributed by atoms with Crippen molar-refractivity contribution in [3.8, 4) is 17.2 Å². The van der Waals surface area contributed by atoms with Gasteiger partial charge in [-0.25, -0.2) is 4.98 Å². The summed E-state index contributed by atoms with van der Waals surface area (Å²) in [5.74, 6) is 0.0633. The summed E-state index contributed by atoms with van der Waals surface area (Å²) in [7, 11) is 0. The van der Waals surface area contributed by atoms with Gasteiger partial charge in [0.1, 0.15) is 11.1 Å². The number of aromatic nitrogens is 1. The maximum absolute atomic E-state index is 13.5. The summed E-state index contributed by atoms with van der Waals surface area (Å²) in [6.07, 6.45) is 0. The molecular weight excluding hydrogens is 450 g/mol. The smallest absolute Gasteiger partial charge is 0.241 e. The highest BCUT2D eigenvalue weighted by Gasteiger charge is 2.24. The van der Waals surface area contributed by atoms with Gasteiger partial charge in [-0.15, -0.1) is 0 Å². The summed E-state index contributed by atoms with van der Waals surface area (Å²) in [5.41, 5.74) is 4.56. The number of nitriles is 1. The Morgan fingerprint density at radius 2 is 1.40 bits per heavy atom. The van der Waals surface area contributed by atoms with Crippen LogP contribution in [0.15, 0.2) is 102 Å². The van der Waals surface area contributed by atoms with Gasteiger partial charge < -0.3 is 0 Å². The zero-order valence-corrected chi connectivity index (χ0v) is 20.9. The molecule has 0 spiro atoms. The summed E-state index contributed by atoms with van der Waals surface area (Å²) >= 11 is 1.31. The van der Waals surface area contributed by atoms with E-state index in [0.717, 1.165) is 28.2 Å². The molecule has 174 valence electrons. The molecule has 1 heterocycles. The second-order valence-electron chi connectivity index (χ2n) is 9.15. The molecule has 0 unspecified atom stereocenters. The van der Waals surface area contributed by atoms with Gasteiger partial charge in [0.25, 0.3) is 0 Å². The van der Waals surface area contributed by atoms with Gasteiger partial charge in [-0.05, 0) is 35.9 Å².